The third kappa shape index (κ3) is 2.52. The third-order valence-electron chi connectivity index (χ3n) is 3.20. The van der Waals surface area contributed by atoms with E-state index in [0.29, 0.717) is 11.7 Å². The zero-order valence-corrected chi connectivity index (χ0v) is 10.5. The van der Waals surface area contributed by atoms with Crippen molar-refractivity contribution in [2.75, 3.05) is 0 Å². The Labute approximate surface area is 110 Å². The Morgan fingerprint density at radius 3 is 2.89 bits per heavy atom. The number of rotatable bonds is 3. The minimum atomic E-state index is -0.271. The van der Waals surface area contributed by atoms with Crippen LogP contribution in [0.3, 0.4) is 0 Å². The highest BCUT2D eigenvalue weighted by molar-refractivity contribution is 6.35. The molecule has 1 fully saturated rings. The Morgan fingerprint density at radius 1 is 1.42 bits per heavy atom. The standard InChI is InChI=1S/C13H13BFN3O/c14-10-5-7(15)1-4-9(10)11-6-12(18-17-11)13(19)16-8-2-3-8/h1,4-6,8H,2-3,14H2,(H,16,19)(H,17,18). The number of aromatic nitrogens is 2. The molecular formula is C13H13BFN3O. The van der Waals surface area contributed by atoms with Crippen molar-refractivity contribution < 1.29 is 9.18 Å². The zero-order valence-electron chi connectivity index (χ0n) is 10.5. The fourth-order valence-electron chi connectivity index (χ4n) is 1.99. The molecule has 19 heavy (non-hydrogen) atoms. The number of aromatic amines is 1. The van der Waals surface area contributed by atoms with E-state index >= 15 is 0 Å². The highest BCUT2D eigenvalue weighted by Crippen LogP contribution is 2.20. The maximum absolute atomic E-state index is 13.1. The van der Waals surface area contributed by atoms with E-state index in [9.17, 15) is 9.18 Å². The summed E-state index contributed by atoms with van der Waals surface area (Å²) < 4.78 is 13.1. The van der Waals surface area contributed by atoms with Crippen molar-refractivity contribution in [2.45, 2.75) is 18.9 Å². The van der Waals surface area contributed by atoms with Gasteiger partial charge in [0.2, 0.25) is 0 Å². The van der Waals surface area contributed by atoms with Crippen LogP contribution in [0.1, 0.15) is 23.3 Å². The summed E-state index contributed by atoms with van der Waals surface area (Å²) in [5.41, 5.74) is 2.74. The van der Waals surface area contributed by atoms with E-state index in [0.717, 1.165) is 29.6 Å². The molecule has 0 radical (unpaired) electrons. The number of benzene rings is 1. The molecule has 96 valence electrons. The Balaban J connectivity index is 1.85. The Hall–Kier alpha value is -2.11. The molecule has 6 heteroatoms. The first-order valence-corrected chi connectivity index (χ1v) is 6.26. The maximum atomic E-state index is 13.1. The number of halogens is 1. The molecule has 1 heterocycles. The van der Waals surface area contributed by atoms with Gasteiger partial charge in [-0.2, -0.15) is 5.10 Å². The molecule has 1 aliphatic carbocycles. The van der Waals surface area contributed by atoms with Gasteiger partial charge in [0.1, 0.15) is 13.7 Å². The van der Waals surface area contributed by atoms with Gasteiger partial charge >= 0.3 is 0 Å². The Bertz CT molecular complexity index is 637. The van der Waals surface area contributed by atoms with Crippen molar-refractivity contribution in [2.24, 2.45) is 0 Å². The number of nitrogens with one attached hydrogen (secondary N) is 2. The van der Waals surface area contributed by atoms with Gasteiger partial charge in [-0.05, 0) is 36.6 Å². The minimum Gasteiger partial charge on any atom is -0.348 e. The zero-order chi connectivity index (χ0) is 13.4. The second kappa shape index (κ2) is 4.53. The second-order valence-corrected chi connectivity index (χ2v) is 4.87. The van der Waals surface area contributed by atoms with Gasteiger partial charge in [0.05, 0.1) is 5.69 Å². The molecular weight excluding hydrogens is 244 g/mol. The molecule has 1 aliphatic rings. The van der Waals surface area contributed by atoms with Crippen molar-refractivity contribution in [3.63, 3.8) is 0 Å². The van der Waals surface area contributed by atoms with Crippen LogP contribution in [0, 0.1) is 5.82 Å². The van der Waals surface area contributed by atoms with Gasteiger partial charge in [0.15, 0.2) is 5.69 Å². The molecule has 3 rings (SSSR count). The van der Waals surface area contributed by atoms with Gasteiger partial charge in [-0.3, -0.25) is 9.89 Å². The molecule has 1 aromatic carbocycles. The largest absolute Gasteiger partial charge is 0.348 e. The highest BCUT2D eigenvalue weighted by Gasteiger charge is 2.24. The summed E-state index contributed by atoms with van der Waals surface area (Å²) in [7, 11) is 1.82. The molecule has 4 nitrogen and oxygen atoms in total. The lowest BCUT2D eigenvalue weighted by molar-refractivity contribution is 0.0946. The van der Waals surface area contributed by atoms with Crippen molar-refractivity contribution >= 4 is 19.2 Å². The lowest BCUT2D eigenvalue weighted by Crippen LogP contribution is -2.25. The van der Waals surface area contributed by atoms with Crippen LogP contribution in [0.5, 0.6) is 0 Å². The van der Waals surface area contributed by atoms with Gasteiger partial charge < -0.3 is 5.32 Å². The lowest BCUT2D eigenvalue weighted by Gasteiger charge is -2.02. The van der Waals surface area contributed by atoms with E-state index in [-0.39, 0.29) is 11.7 Å². The van der Waals surface area contributed by atoms with Crippen molar-refractivity contribution in [3.05, 3.63) is 35.8 Å². The quantitative estimate of drug-likeness (QED) is 0.780. The molecule has 2 aromatic rings. The van der Waals surface area contributed by atoms with E-state index in [1.165, 1.54) is 12.1 Å². The normalized spacial score (nSPS) is 14.4. The van der Waals surface area contributed by atoms with Crippen LogP contribution in [0.2, 0.25) is 0 Å². The molecule has 0 aliphatic heterocycles. The minimum absolute atomic E-state index is 0.162. The van der Waals surface area contributed by atoms with E-state index < -0.39 is 0 Å². The summed E-state index contributed by atoms with van der Waals surface area (Å²) in [6, 6.07) is 6.53. The first-order chi connectivity index (χ1) is 9.13. The maximum Gasteiger partial charge on any atom is 0.272 e. The number of carbonyl (C=O) groups is 1. The second-order valence-electron chi connectivity index (χ2n) is 4.87. The molecule has 1 saturated carbocycles. The fraction of sp³-hybridized carbons (Fsp3) is 0.231. The van der Waals surface area contributed by atoms with Crippen molar-refractivity contribution in [1.29, 1.82) is 0 Å². The number of carbonyl (C=O) groups excluding carboxylic acids is 1. The number of amides is 1. The van der Waals surface area contributed by atoms with Gasteiger partial charge in [-0.15, -0.1) is 0 Å². The van der Waals surface area contributed by atoms with Gasteiger partial charge in [0, 0.05) is 6.04 Å². The van der Waals surface area contributed by atoms with Crippen LogP contribution in [0.25, 0.3) is 11.3 Å². The van der Waals surface area contributed by atoms with Crippen LogP contribution in [0.4, 0.5) is 4.39 Å². The van der Waals surface area contributed by atoms with Crippen LogP contribution < -0.4 is 10.8 Å². The molecule has 0 saturated heterocycles. The first kappa shape index (κ1) is 12.0. The summed E-state index contributed by atoms with van der Waals surface area (Å²) in [6.45, 7) is 0. The summed E-state index contributed by atoms with van der Waals surface area (Å²) in [6.07, 6.45) is 2.08. The average molecular weight is 257 g/mol. The highest BCUT2D eigenvalue weighted by atomic mass is 19.1. The monoisotopic (exact) mass is 257 g/mol. The summed E-state index contributed by atoms with van der Waals surface area (Å²) in [4.78, 5) is 11.8. The van der Waals surface area contributed by atoms with Crippen LogP contribution >= 0.6 is 0 Å². The van der Waals surface area contributed by atoms with E-state index in [4.69, 9.17) is 0 Å². The van der Waals surface area contributed by atoms with Crippen LogP contribution in [-0.4, -0.2) is 30.0 Å². The molecule has 0 atom stereocenters. The molecule has 0 bridgehead atoms. The van der Waals surface area contributed by atoms with E-state index in [1.54, 1.807) is 12.1 Å². The SMILES string of the molecule is Bc1cc(F)ccc1-c1cc(C(=O)NC2CC2)n[nH]1. The van der Waals surface area contributed by atoms with Crippen LogP contribution in [0.15, 0.2) is 24.3 Å². The van der Waals surface area contributed by atoms with Crippen LogP contribution in [-0.2, 0) is 0 Å². The topological polar surface area (TPSA) is 57.8 Å². The Morgan fingerprint density at radius 2 is 2.21 bits per heavy atom. The smallest absolute Gasteiger partial charge is 0.272 e. The average Bonchev–Trinajstić information content (AvgIpc) is 3.04. The fourth-order valence-corrected chi connectivity index (χ4v) is 1.99. The predicted octanol–water partition coefficient (Wildman–Crippen LogP) is 0.366. The summed E-state index contributed by atoms with van der Waals surface area (Å²) in [5, 5.41) is 9.71. The number of H-pyrrole nitrogens is 1. The van der Waals surface area contributed by atoms with Crippen molar-refractivity contribution in [1.82, 2.24) is 15.5 Å². The molecule has 0 unspecified atom stereocenters. The number of hydrogen-bond donors (Lipinski definition) is 2. The van der Waals surface area contributed by atoms with Gasteiger partial charge in [-0.1, -0.05) is 11.5 Å². The number of nitrogens with zero attached hydrogens (tertiary/aromatic N) is 1. The third-order valence-corrected chi connectivity index (χ3v) is 3.20. The first-order valence-electron chi connectivity index (χ1n) is 6.26. The summed E-state index contributed by atoms with van der Waals surface area (Å²) in [5.74, 6) is -0.433. The lowest BCUT2D eigenvalue weighted by atomic mass is 9.89. The number of hydrogen-bond acceptors (Lipinski definition) is 2. The Kier molecular flexibility index (Phi) is 2.85. The van der Waals surface area contributed by atoms with E-state index in [1.807, 2.05) is 7.85 Å². The molecule has 1 amide bonds. The van der Waals surface area contributed by atoms with E-state index in [2.05, 4.69) is 15.5 Å². The summed E-state index contributed by atoms with van der Waals surface area (Å²) >= 11 is 0. The predicted molar refractivity (Wildman–Crippen MR) is 72.6 cm³/mol. The molecule has 1 aromatic heterocycles. The van der Waals surface area contributed by atoms with Crippen molar-refractivity contribution in [3.8, 4) is 11.3 Å². The van der Waals surface area contributed by atoms with Gasteiger partial charge in [0.25, 0.3) is 5.91 Å². The van der Waals surface area contributed by atoms with Gasteiger partial charge in [-0.25, -0.2) is 4.39 Å². The molecule has 2 N–H and O–H groups in total. The molecule has 0 spiro atoms.